The van der Waals surface area contributed by atoms with Crippen molar-refractivity contribution in [3.05, 3.63) is 58.0 Å². The van der Waals surface area contributed by atoms with Crippen LogP contribution in [-0.2, 0) is 24.0 Å². The first-order valence-electron chi connectivity index (χ1n) is 10.8. The number of imidazole rings is 1. The van der Waals surface area contributed by atoms with Crippen molar-refractivity contribution in [3.63, 3.8) is 0 Å². The fraction of sp³-hybridized carbons (Fsp3) is 0.500. The van der Waals surface area contributed by atoms with Crippen LogP contribution >= 0.6 is 0 Å². The van der Waals surface area contributed by atoms with Gasteiger partial charge >= 0.3 is 11.9 Å². The Labute approximate surface area is 189 Å². The Bertz CT molecular complexity index is 1210. The molecule has 0 spiro atoms. The van der Waals surface area contributed by atoms with Gasteiger partial charge in [0, 0.05) is 43.3 Å². The molecule has 11 heteroatoms. The normalized spacial score (nSPS) is 16.4. The highest BCUT2D eigenvalue weighted by molar-refractivity contribution is 5.48. The molecule has 4 rings (SSSR count). The largest absolute Gasteiger partial charge is 0.416 e. The molecular formula is C22H27F3N6O2. The summed E-state index contributed by atoms with van der Waals surface area (Å²) >= 11 is 0. The van der Waals surface area contributed by atoms with Crippen LogP contribution in [0.25, 0.3) is 5.82 Å². The average molecular weight is 464 g/mol. The first kappa shape index (κ1) is 23.1. The first-order chi connectivity index (χ1) is 15.5. The van der Waals surface area contributed by atoms with E-state index >= 15 is 0 Å². The van der Waals surface area contributed by atoms with Gasteiger partial charge in [0.05, 0.1) is 30.5 Å². The van der Waals surface area contributed by atoms with Crippen molar-refractivity contribution < 1.29 is 17.9 Å². The number of aryl methyl sites for hydroxylation is 2. The Kier molecular flexibility index (Phi) is 5.85. The predicted molar refractivity (Wildman–Crippen MR) is 117 cm³/mol. The topological polar surface area (TPSA) is 70.1 Å². The van der Waals surface area contributed by atoms with Gasteiger partial charge in [-0.05, 0) is 39.8 Å². The van der Waals surface area contributed by atoms with E-state index in [2.05, 4.69) is 10.1 Å². The second-order valence-corrected chi connectivity index (χ2v) is 8.82. The fourth-order valence-corrected chi connectivity index (χ4v) is 4.02. The molecule has 1 aliphatic rings. The third-order valence-corrected chi connectivity index (χ3v) is 5.60. The minimum absolute atomic E-state index is 0.0605. The summed E-state index contributed by atoms with van der Waals surface area (Å²) in [6.45, 7) is 9.51. The van der Waals surface area contributed by atoms with E-state index in [-0.39, 0.29) is 18.2 Å². The van der Waals surface area contributed by atoms with Crippen LogP contribution in [0, 0.1) is 6.92 Å². The Morgan fingerprint density at radius 1 is 1.18 bits per heavy atom. The third kappa shape index (κ3) is 4.82. The molecule has 0 atom stereocenters. The van der Waals surface area contributed by atoms with Crippen molar-refractivity contribution >= 4 is 5.82 Å². The number of anilines is 1. The van der Waals surface area contributed by atoms with E-state index in [1.54, 1.807) is 28.9 Å². The molecule has 0 N–H and O–H groups in total. The van der Waals surface area contributed by atoms with Crippen LogP contribution in [0.5, 0.6) is 0 Å². The molecular weight excluding hydrogens is 437 g/mol. The Morgan fingerprint density at radius 2 is 1.91 bits per heavy atom. The number of hydrogen-bond donors (Lipinski definition) is 0. The average Bonchev–Trinajstić information content (AvgIpc) is 3.30. The van der Waals surface area contributed by atoms with Gasteiger partial charge < -0.3 is 9.64 Å². The summed E-state index contributed by atoms with van der Waals surface area (Å²) in [5.74, 6) is 0.106. The van der Waals surface area contributed by atoms with Crippen molar-refractivity contribution in [2.75, 3.05) is 24.6 Å². The Hall–Kier alpha value is -3.08. The minimum atomic E-state index is -4.58. The van der Waals surface area contributed by atoms with E-state index in [9.17, 15) is 18.0 Å². The highest BCUT2D eigenvalue weighted by atomic mass is 19.4. The van der Waals surface area contributed by atoms with Gasteiger partial charge in [0.1, 0.15) is 11.6 Å². The zero-order chi connectivity index (χ0) is 24.0. The number of ether oxygens (including phenoxy) is 1. The van der Waals surface area contributed by atoms with Crippen molar-refractivity contribution in [1.82, 2.24) is 23.9 Å². The zero-order valence-electron chi connectivity index (χ0n) is 19.1. The summed E-state index contributed by atoms with van der Waals surface area (Å²) in [5, 5.41) is 4.20. The van der Waals surface area contributed by atoms with Crippen LogP contribution in [0.15, 0.2) is 35.5 Å². The molecule has 0 bridgehead atoms. The quantitative estimate of drug-likeness (QED) is 0.580. The second-order valence-electron chi connectivity index (χ2n) is 8.82. The SMILES string of the molecule is CCn1cc(Cn2cc(C)n(-c3cc(C(F)(F)F)cc(N4CCOC(C)(C)C4)n3)c2=O)cn1. The fourth-order valence-electron chi connectivity index (χ4n) is 4.02. The summed E-state index contributed by atoms with van der Waals surface area (Å²) in [7, 11) is 0. The lowest BCUT2D eigenvalue weighted by atomic mass is 10.1. The standard InChI is InChI=1S/C22H27F3N6O2/c1-5-30-13-16(10-26-30)12-29-11-15(2)31(20(29)32)19-9-17(22(23,24)25)8-18(27-19)28-6-7-33-21(3,4)14-28/h8-11,13H,5-7,12,14H2,1-4H3. The van der Waals surface area contributed by atoms with Crippen molar-refractivity contribution in [1.29, 1.82) is 0 Å². The molecule has 0 aromatic carbocycles. The Balaban J connectivity index is 1.76. The molecule has 178 valence electrons. The van der Waals surface area contributed by atoms with Crippen molar-refractivity contribution in [2.45, 2.75) is 52.6 Å². The molecule has 1 aliphatic heterocycles. The summed E-state index contributed by atoms with van der Waals surface area (Å²) in [6.07, 6.45) is 0.539. The summed E-state index contributed by atoms with van der Waals surface area (Å²) in [4.78, 5) is 19.4. The van der Waals surface area contributed by atoms with E-state index in [0.29, 0.717) is 31.9 Å². The first-order valence-corrected chi connectivity index (χ1v) is 10.8. The highest BCUT2D eigenvalue weighted by Crippen LogP contribution is 2.33. The molecule has 4 heterocycles. The number of alkyl halides is 3. The number of hydrogen-bond acceptors (Lipinski definition) is 5. The molecule has 0 amide bonds. The molecule has 8 nitrogen and oxygen atoms in total. The number of rotatable bonds is 5. The lowest BCUT2D eigenvalue weighted by Gasteiger charge is -2.39. The third-order valence-electron chi connectivity index (χ3n) is 5.60. The van der Waals surface area contributed by atoms with Crippen LogP contribution in [0.3, 0.4) is 0 Å². The van der Waals surface area contributed by atoms with Gasteiger partial charge in [-0.1, -0.05) is 0 Å². The van der Waals surface area contributed by atoms with Crippen molar-refractivity contribution in [3.8, 4) is 5.82 Å². The lowest BCUT2D eigenvalue weighted by molar-refractivity contribution is -0.137. The van der Waals surface area contributed by atoms with Crippen LogP contribution in [-0.4, -0.2) is 49.2 Å². The van der Waals surface area contributed by atoms with E-state index in [0.717, 1.165) is 17.7 Å². The summed E-state index contributed by atoms with van der Waals surface area (Å²) in [6, 6.07) is 1.95. The molecule has 0 radical (unpaired) electrons. The lowest BCUT2D eigenvalue weighted by Crippen LogP contribution is -2.48. The molecule has 0 saturated carbocycles. The summed E-state index contributed by atoms with van der Waals surface area (Å²) < 4.78 is 51.3. The second kappa shape index (κ2) is 8.36. The van der Waals surface area contributed by atoms with Gasteiger partial charge in [-0.15, -0.1) is 0 Å². The number of morpholine rings is 1. The van der Waals surface area contributed by atoms with Crippen LogP contribution in [0.2, 0.25) is 0 Å². The smallest absolute Gasteiger partial charge is 0.372 e. The molecule has 3 aromatic rings. The molecule has 1 fully saturated rings. The van der Waals surface area contributed by atoms with Gasteiger partial charge in [-0.25, -0.2) is 14.3 Å². The minimum Gasteiger partial charge on any atom is -0.372 e. The van der Waals surface area contributed by atoms with Gasteiger partial charge in [0.15, 0.2) is 0 Å². The summed E-state index contributed by atoms with van der Waals surface area (Å²) in [5.41, 5.74) is -0.521. The van der Waals surface area contributed by atoms with Crippen molar-refractivity contribution in [2.24, 2.45) is 0 Å². The molecule has 0 unspecified atom stereocenters. The van der Waals surface area contributed by atoms with Gasteiger partial charge in [-0.2, -0.15) is 18.3 Å². The Morgan fingerprint density at radius 3 is 2.55 bits per heavy atom. The van der Waals surface area contributed by atoms with Crippen LogP contribution in [0.1, 0.15) is 37.6 Å². The van der Waals surface area contributed by atoms with E-state index in [1.165, 1.54) is 9.13 Å². The van der Waals surface area contributed by atoms with Gasteiger partial charge in [-0.3, -0.25) is 9.25 Å². The molecule has 33 heavy (non-hydrogen) atoms. The molecule has 0 aliphatic carbocycles. The zero-order valence-corrected chi connectivity index (χ0v) is 19.1. The van der Waals surface area contributed by atoms with Gasteiger partial charge in [0.2, 0.25) is 0 Å². The monoisotopic (exact) mass is 464 g/mol. The number of aromatic nitrogens is 5. The van der Waals surface area contributed by atoms with Gasteiger partial charge in [0.25, 0.3) is 0 Å². The van der Waals surface area contributed by atoms with Crippen LogP contribution < -0.4 is 10.6 Å². The molecule has 3 aromatic heterocycles. The number of nitrogens with zero attached hydrogens (tertiary/aromatic N) is 6. The highest BCUT2D eigenvalue weighted by Gasteiger charge is 2.34. The number of pyridine rings is 1. The maximum atomic E-state index is 13.7. The maximum absolute atomic E-state index is 13.7. The van der Waals surface area contributed by atoms with E-state index in [4.69, 9.17) is 4.74 Å². The number of halogens is 3. The van der Waals surface area contributed by atoms with Crippen LogP contribution in [0.4, 0.5) is 19.0 Å². The maximum Gasteiger partial charge on any atom is 0.416 e. The van der Waals surface area contributed by atoms with E-state index < -0.39 is 23.0 Å². The molecule has 1 saturated heterocycles. The van der Waals surface area contributed by atoms with E-state index in [1.807, 2.05) is 27.0 Å². The predicted octanol–water partition coefficient (Wildman–Crippen LogP) is 3.24.